The summed E-state index contributed by atoms with van der Waals surface area (Å²) in [5, 5.41) is -0.0949. The van der Waals surface area contributed by atoms with Crippen LogP contribution in [0.25, 0.3) is 0 Å². The Labute approximate surface area is 138 Å². The summed E-state index contributed by atoms with van der Waals surface area (Å²) < 4.78 is 5.44. The Morgan fingerprint density at radius 1 is 1.22 bits per heavy atom. The first-order valence-electron chi connectivity index (χ1n) is 8.15. The monoisotopic (exact) mass is 328 g/mol. The summed E-state index contributed by atoms with van der Waals surface area (Å²) in [5.41, 5.74) is 0.934. The standard InChI is InChI=1S/C19H24O3Si/c1-14(20)22-13-18(12-15-8-6-5-7-9-15)17-16(21)10-11-19(17,18)23(2,3)4/h5-11,17H,12-13H2,1-4H3/t17-,18?,19+/m1/s1. The highest BCUT2D eigenvalue weighted by Crippen LogP contribution is 2.83. The Balaban J connectivity index is 2.02. The number of rotatable bonds is 5. The third kappa shape index (κ3) is 2.23. The number of allylic oxidation sites excluding steroid dienone is 2. The van der Waals surface area contributed by atoms with Gasteiger partial charge in [0.05, 0.1) is 14.7 Å². The number of hydrogen-bond acceptors (Lipinski definition) is 3. The molecule has 3 rings (SSSR count). The third-order valence-electron chi connectivity index (χ3n) is 5.68. The fourth-order valence-corrected chi connectivity index (χ4v) is 8.41. The molecule has 0 aromatic heterocycles. The van der Waals surface area contributed by atoms with Gasteiger partial charge in [0, 0.05) is 23.3 Å². The summed E-state index contributed by atoms with van der Waals surface area (Å²) in [7, 11) is -1.68. The number of benzene rings is 1. The second-order valence-electron chi connectivity index (χ2n) is 7.89. The van der Waals surface area contributed by atoms with Gasteiger partial charge in [0.1, 0.15) is 0 Å². The second-order valence-corrected chi connectivity index (χ2v) is 13.2. The molecule has 0 aliphatic heterocycles. The van der Waals surface area contributed by atoms with Crippen LogP contribution in [-0.2, 0) is 20.7 Å². The van der Waals surface area contributed by atoms with E-state index in [-0.39, 0.29) is 28.1 Å². The number of carbonyl (C=O) groups excluding carboxylic acids is 2. The van der Waals surface area contributed by atoms with E-state index >= 15 is 0 Å². The van der Waals surface area contributed by atoms with Gasteiger partial charge in [-0.05, 0) is 18.1 Å². The summed E-state index contributed by atoms with van der Waals surface area (Å²) in [4.78, 5) is 23.9. The maximum absolute atomic E-state index is 12.5. The summed E-state index contributed by atoms with van der Waals surface area (Å²) in [6, 6.07) is 10.2. The molecule has 0 radical (unpaired) electrons. The minimum atomic E-state index is -1.68. The molecular formula is C19H24O3Si. The summed E-state index contributed by atoms with van der Waals surface area (Å²) >= 11 is 0. The molecule has 2 aliphatic rings. The van der Waals surface area contributed by atoms with Crippen LogP contribution in [0, 0.1) is 11.3 Å². The zero-order valence-corrected chi connectivity index (χ0v) is 15.3. The lowest BCUT2D eigenvalue weighted by Gasteiger charge is -2.32. The quantitative estimate of drug-likeness (QED) is 0.612. The molecule has 3 atom stereocenters. The molecule has 0 bridgehead atoms. The van der Waals surface area contributed by atoms with Crippen molar-refractivity contribution < 1.29 is 14.3 Å². The maximum Gasteiger partial charge on any atom is 0.302 e. The van der Waals surface area contributed by atoms with Crippen molar-refractivity contribution in [3.63, 3.8) is 0 Å². The van der Waals surface area contributed by atoms with Crippen molar-refractivity contribution >= 4 is 19.8 Å². The summed E-state index contributed by atoms with van der Waals surface area (Å²) in [6.45, 7) is 8.70. The molecule has 4 heteroatoms. The van der Waals surface area contributed by atoms with Crippen molar-refractivity contribution in [3.8, 4) is 0 Å². The Hall–Kier alpha value is -1.68. The van der Waals surface area contributed by atoms with E-state index in [1.807, 2.05) is 18.2 Å². The Morgan fingerprint density at radius 3 is 2.39 bits per heavy atom. The molecule has 2 aliphatic carbocycles. The van der Waals surface area contributed by atoms with Crippen LogP contribution in [0.1, 0.15) is 12.5 Å². The SMILES string of the molecule is CC(=O)OCC1(Cc2ccccc2)[C@H]2C(=O)C=C[C@]21[Si](C)(C)C. The van der Waals surface area contributed by atoms with Gasteiger partial charge < -0.3 is 4.74 Å². The topological polar surface area (TPSA) is 43.4 Å². The highest BCUT2D eigenvalue weighted by Gasteiger charge is 2.82. The van der Waals surface area contributed by atoms with Crippen molar-refractivity contribution in [1.29, 1.82) is 0 Å². The first-order chi connectivity index (χ1) is 10.7. The minimum Gasteiger partial charge on any atom is -0.465 e. The number of fused-ring (bicyclic) bond motifs is 1. The number of esters is 1. The number of hydrogen-bond donors (Lipinski definition) is 0. The molecule has 1 fully saturated rings. The molecule has 1 aromatic rings. The first kappa shape index (κ1) is 16.2. The zero-order valence-electron chi connectivity index (χ0n) is 14.3. The number of carbonyl (C=O) groups is 2. The first-order valence-corrected chi connectivity index (χ1v) is 11.6. The molecule has 1 aromatic carbocycles. The predicted octanol–water partition coefficient (Wildman–Crippen LogP) is 3.63. The Morgan fingerprint density at radius 2 is 1.87 bits per heavy atom. The molecule has 23 heavy (non-hydrogen) atoms. The van der Waals surface area contributed by atoms with Crippen LogP contribution in [0.5, 0.6) is 0 Å². The van der Waals surface area contributed by atoms with E-state index in [2.05, 4.69) is 37.8 Å². The fraction of sp³-hybridized carbons (Fsp3) is 0.474. The Bertz CT molecular complexity index is 674. The van der Waals surface area contributed by atoms with Crippen LogP contribution < -0.4 is 0 Å². The molecule has 0 saturated heterocycles. The zero-order chi connectivity index (χ0) is 16.9. The van der Waals surface area contributed by atoms with Crippen LogP contribution in [0.4, 0.5) is 0 Å². The molecule has 122 valence electrons. The van der Waals surface area contributed by atoms with Crippen molar-refractivity contribution in [2.45, 2.75) is 38.0 Å². The summed E-state index contributed by atoms with van der Waals surface area (Å²) in [6.07, 6.45) is 4.67. The van der Waals surface area contributed by atoms with Crippen LogP contribution in [0.3, 0.4) is 0 Å². The lowest BCUT2D eigenvalue weighted by atomic mass is 9.90. The largest absolute Gasteiger partial charge is 0.465 e. The Kier molecular flexibility index (Phi) is 3.63. The van der Waals surface area contributed by atoms with Crippen LogP contribution in [-0.4, -0.2) is 26.4 Å². The highest BCUT2D eigenvalue weighted by atomic mass is 28.3. The molecule has 0 N–H and O–H groups in total. The smallest absolute Gasteiger partial charge is 0.302 e. The van der Waals surface area contributed by atoms with Crippen molar-refractivity contribution in [2.24, 2.45) is 11.3 Å². The lowest BCUT2D eigenvalue weighted by Crippen LogP contribution is -2.35. The van der Waals surface area contributed by atoms with E-state index in [9.17, 15) is 9.59 Å². The van der Waals surface area contributed by atoms with Crippen LogP contribution >= 0.6 is 0 Å². The van der Waals surface area contributed by atoms with E-state index in [1.54, 1.807) is 6.08 Å². The van der Waals surface area contributed by atoms with Crippen molar-refractivity contribution in [3.05, 3.63) is 48.0 Å². The van der Waals surface area contributed by atoms with Gasteiger partial charge in [-0.15, -0.1) is 0 Å². The highest BCUT2D eigenvalue weighted by molar-refractivity contribution is 6.81. The van der Waals surface area contributed by atoms with E-state index in [1.165, 1.54) is 12.5 Å². The fourth-order valence-electron chi connectivity index (χ4n) is 4.81. The second kappa shape index (κ2) is 5.16. The predicted molar refractivity (Wildman–Crippen MR) is 92.9 cm³/mol. The average Bonchev–Trinajstić information content (AvgIpc) is 2.87. The molecular weight excluding hydrogens is 304 g/mol. The molecule has 1 saturated carbocycles. The van der Waals surface area contributed by atoms with Gasteiger partial charge in [-0.1, -0.05) is 56.0 Å². The van der Waals surface area contributed by atoms with Crippen LogP contribution in [0.15, 0.2) is 42.5 Å². The normalized spacial score (nSPS) is 31.8. The van der Waals surface area contributed by atoms with Crippen LogP contribution in [0.2, 0.25) is 24.7 Å². The molecule has 0 heterocycles. The number of ether oxygens (including phenoxy) is 1. The third-order valence-corrected chi connectivity index (χ3v) is 9.12. The van der Waals surface area contributed by atoms with Gasteiger partial charge in [0.2, 0.25) is 0 Å². The van der Waals surface area contributed by atoms with Gasteiger partial charge in [0.15, 0.2) is 5.78 Å². The van der Waals surface area contributed by atoms with E-state index in [0.717, 1.165) is 6.42 Å². The van der Waals surface area contributed by atoms with Gasteiger partial charge in [-0.2, -0.15) is 0 Å². The van der Waals surface area contributed by atoms with Gasteiger partial charge in [-0.25, -0.2) is 0 Å². The van der Waals surface area contributed by atoms with Crippen molar-refractivity contribution in [2.75, 3.05) is 6.61 Å². The van der Waals surface area contributed by atoms with E-state index in [0.29, 0.717) is 6.61 Å². The molecule has 0 spiro atoms. The maximum atomic E-state index is 12.5. The molecule has 1 unspecified atom stereocenters. The molecule has 3 nitrogen and oxygen atoms in total. The van der Waals surface area contributed by atoms with Crippen molar-refractivity contribution in [1.82, 2.24) is 0 Å². The average molecular weight is 328 g/mol. The van der Waals surface area contributed by atoms with E-state index in [4.69, 9.17) is 4.74 Å². The van der Waals surface area contributed by atoms with Gasteiger partial charge in [0.25, 0.3) is 0 Å². The molecule has 0 amide bonds. The lowest BCUT2D eigenvalue weighted by molar-refractivity contribution is -0.143. The van der Waals surface area contributed by atoms with E-state index < -0.39 is 8.07 Å². The number of ketones is 1. The minimum absolute atomic E-state index is 0.0266. The van der Waals surface area contributed by atoms with Gasteiger partial charge in [-0.3, -0.25) is 9.59 Å². The summed E-state index contributed by atoms with van der Waals surface area (Å²) in [5.74, 6) is -0.0960. The van der Waals surface area contributed by atoms with Gasteiger partial charge >= 0.3 is 5.97 Å².